The zero-order chi connectivity index (χ0) is 17.5. The number of imide groups is 1. The molecule has 130 valence electrons. The summed E-state index contributed by atoms with van der Waals surface area (Å²) in [5.41, 5.74) is 1.73. The molecule has 0 atom stereocenters. The number of amides is 4. The molecule has 1 fully saturated rings. The first-order valence-electron chi connectivity index (χ1n) is 8.10. The molecule has 2 rings (SSSR count). The Labute approximate surface area is 141 Å². The van der Waals surface area contributed by atoms with Gasteiger partial charge in [-0.1, -0.05) is 12.1 Å². The fourth-order valence-corrected chi connectivity index (χ4v) is 2.47. The number of urea groups is 1. The number of carbonyl (C=O) groups excluding carboxylic acids is 3. The van der Waals surface area contributed by atoms with E-state index in [2.05, 4.69) is 20.9 Å². The van der Waals surface area contributed by atoms with Gasteiger partial charge in [-0.2, -0.15) is 0 Å². The lowest BCUT2D eigenvalue weighted by molar-refractivity contribution is -0.120. The van der Waals surface area contributed by atoms with Crippen LogP contribution in [0.5, 0.6) is 0 Å². The van der Waals surface area contributed by atoms with Gasteiger partial charge in [0.2, 0.25) is 5.91 Å². The van der Waals surface area contributed by atoms with E-state index in [0.29, 0.717) is 18.2 Å². The monoisotopic (exact) mass is 332 g/mol. The first-order valence-corrected chi connectivity index (χ1v) is 8.10. The Morgan fingerprint density at radius 3 is 2.29 bits per heavy atom. The SMILES string of the molecule is CNC(=O)NC(=O)CCN(Cc1ccc(C(=O)NC)cc1)C1CC1. The zero-order valence-corrected chi connectivity index (χ0v) is 14.1. The van der Waals surface area contributed by atoms with Crippen molar-refractivity contribution in [3.63, 3.8) is 0 Å². The van der Waals surface area contributed by atoms with Crippen LogP contribution in [0.4, 0.5) is 4.79 Å². The maximum atomic E-state index is 11.7. The second-order valence-electron chi connectivity index (χ2n) is 5.85. The predicted octanol–water partition coefficient (Wildman–Crippen LogP) is 0.856. The van der Waals surface area contributed by atoms with Gasteiger partial charge in [0.15, 0.2) is 0 Å². The molecule has 1 aliphatic rings. The third-order valence-corrected chi connectivity index (χ3v) is 4.00. The van der Waals surface area contributed by atoms with Gasteiger partial charge in [0.1, 0.15) is 0 Å². The molecule has 0 saturated heterocycles. The molecule has 0 spiro atoms. The Balaban J connectivity index is 1.88. The second kappa shape index (κ2) is 8.44. The molecule has 7 nitrogen and oxygen atoms in total. The highest BCUT2D eigenvalue weighted by atomic mass is 16.2. The highest BCUT2D eigenvalue weighted by Gasteiger charge is 2.29. The van der Waals surface area contributed by atoms with Crippen LogP contribution in [0.1, 0.15) is 35.2 Å². The Hall–Kier alpha value is -2.41. The number of rotatable bonds is 7. The molecule has 0 heterocycles. The van der Waals surface area contributed by atoms with Gasteiger partial charge in [-0.15, -0.1) is 0 Å². The van der Waals surface area contributed by atoms with E-state index in [-0.39, 0.29) is 18.2 Å². The van der Waals surface area contributed by atoms with Crippen molar-refractivity contribution in [3.05, 3.63) is 35.4 Å². The number of hydrogen-bond donors (Lipinski definition) is 3. The maximum absolute atomic E-state index is 11.7. The second-order valence-corrected chi connectivity index (χ2v) is 5.85. The number of benzene rings is 1. The van der Waals surface area contributed by atoms with Crippen LogP contribution in [-0.4, -0.2) is 49.4 Å². The van der Waals surface area contributed by atoms with Gasteiger partial charge in [0, 0.05) is 45.2 Å². The van der Waals surface area contributed by atoms with Gasteiger partial charge in [-0.25, -0.2) is 4.79 Å². The molecular formula is C17H24N4O3. The minimum atomic E-state index is -0.484. The normalized spacial score (nSPS) is 13.5. The summed E-state index contributed by atoms with van der Waals surface area (Å²) in [7, 11) is 3.08. The van der Waals surface area contributed by atoms with Crippen molar-refractivity contribution < 1.29 is 14.4 Å². The Morgan fingerprint density at radius 1 is 1.08 bits per heavy atom. The fraction of sp³-hybridized carbons (Fsp3) is 0.471. The third-order valence-electron chi connectivity index (χ3n) is 4.00. The van der Waals surface area contributed by atoms with Crippen LogP contribution in [0.2, 0.25) is 0 Å². The van der Waals surface area contributed by atoms with Crippen molar-refractivity contribution in [1.82, 2.24) is 20.9 Å². The Bertz CT molecular complexity index is 596. The van der Waals surface area contributed by atoms with E-state index < -0.39 is 6.03 Å². The van der Waals surface area contributed by atoms with Crippen LogP contribution in [0.25, 0.3) is 0 Å². The highest BCUT2D eigenvalue weighted by Crippen LogP contribution is 2.28. The topological polar surface area (TPSA) is 90.5 Å². The lowest BCUT2D eigenvalue weighted by Gasteiger charge is -2.21. The molecular weight excluding hydrogens is 308 g/mol. The first kappa shape index (κ1) is 17.9. The molecule has 24 heavy (non-hydrogen) atoms. The van der Waals surface area contributed by atoms with E-state index in [1.165, 1.54) is 7.05 Å². The lowest BCUT2D eigenvalue weighted by atomic mass is 10.1. The molecule has 0 unspecified atom stereocenters. The summed E-state index contributed by atoms with van der Waals surface area (Å²) in [6.07, 6.45) is 2.54. The molecule has 0 aromatic heterocycles. The smallest absolute Gasteiger partial charge is 0.321 e. The molecule has 1 saturated carbocycles. The number of carbonyl (C=O) groups is 3. The van der Waals surface area contributed by atoms with Crippen LogP contribution in [0.3, 0.4) is 0 Å². The predicted molar refractivity (Wildman–Crippen MR) is 90.5 cm³/mol. The van der Waals surface area contributed by atoms with Gasteiger partial charge in [0.05, 0.1) is 0 Å². The fourth-order valence-electron chi connectivity index (χ4n) is 2.47. The van der Waals surface area contributed by atoms with Crippen LogP contribution >= 0.6 is 0 Å². The molecule has 7 heteroatoms. The van der Waals surface area contributed by atoms with Crippen LogP contribution < -0.4 is 16.0 Å². The zero-order valence-electron chi connectivity index (χ0n) is 14.1. The van der Waals surface area contributed by atoms with E-state index in [0.717, 1.165) is 24.9 Å². The largest absolute Gasteiger partial charge is 0.355 e. The number of nitrogens with one attached hydrogen (secondary N) is 3. The van der Waals surface area contributed by atoms with Crippen molar-refractivity contribution >= 4 is 17.8 Å². The Morgan fingerprint density at radius 2 is 1.75 bits per heavy atom. The molecule has 0 bridgehead atoms. The summed E-state index contributed by atoms with van der Waals surface area (Å²) in [6, 6.07) is 7.49. The van der Waals surface area contributed by atoms with Gasteiger partial charge < -0.3 is 10.6 Å². The van der Waals surface area contributed by atoms with Gasteiger partial charge in [-0.05, 0) is 30.5 Å². The summed E-state index contributed by atoms with van der Waals surface area (Å²) in [6.45, 7) is 1.33. The minimum absolute atomic E-state index is 0.105. The quantitative estimate of drug-likeness (QED) is 0.691. The standard InChI is InChI=1S/C17H24N4O3/c1-18-16(23)13-5-3-12(4-6-13)11-21(14-7-8-14)10-9-15(22)20-17(24)19-2/h3-6,14H,7-11H2,1-2H3,(H,18,23)(H2,19,20,22,24). The van der Waals surface area contributed by atoms with E-state index >= 15 is 0 Å². The maximum Gasteiger partial charge on any atom is 0.321 e. The van der Waals surface area contributed by atoms with Crippen LogP contribution in [-0.2, 0) is 11.3 Å². The molecule has 0 aliphatic heterocycles. The van der Waals surface area contributed by atoms with E-state index in [4.69, 9.17) is 0 Å². The summed E-state index contributed by atoms with van der Waals surface area (Å²) in [5.74, 6) is -0.388. The van der Waals surface area contributed by atoms with Gasteiger partial charge >= 0.3 is 6.03 Å². The van der Waals surface area contributed by atoms with Crippen molar-refractivity contribution in [3.8, 4) is 0 Å². The minimum Gasteiger partial charge on any atom is -0.355 e. The van der Waals surface area contributed by atoms with Crippen LogP contribution in [0, 0.1) is 0 Å². The molecule has 0 radical (unpaired) electrons. The van der Waals surface area contributed by atoms with E-state index in [1.54, 1.807) is 19.2 Å². The Kier molecular flexibility index (Phi) is 6.31. The van der Waals surface area contributed by atoms with Crippen molar-refractivity contribution in [2.75, 3.05) is 20.6 Å². The summed E-state index contributed by atoms with van der Waals surface area (Å²) in [4.78, 5) is 36.7. The molecule has 1 aromatic rings. The van der Waals surface area contributed by atoms with E-state index in [9.17, 15) is 14.4 Å². The number of hydrogen-bond acceptors (Lipinski definition) is 4. The van der Waals surface area contributed by atoms with Crippen molar-refractivity contribution in [2.45, 2.75) is 31.8 Å². The average molecular weight is 332 g/mol. The van der Waals surface area contributed by atoms with Gasteiger partial charge in [0.25, 0.3) is 5.91 Å². The molecule has 3 N–H and O–H groups in total. The van der Waals surface area contributed by atoms with Gasteiger partial charge in [-0.3, -0.25) is 19.8 Å². The third kappa shape index (κ3) is 5.34. The summed E-state index contributed by atoms with van der Waals surface area (Å²) in [5, 5.41) is 7.23. The van der Waals surface area contributed by atoms with Crippen LogP contribution in [0.15, 0.2) is 24.3 Å². The highest BCUT2D eigenvalue weighted by molar-refractivity contribution is 5.94. The molecule has 1 aliphatic carbocycles. The first-order chi connectivity index (χ1) is 11.5. The number of nitrogens with zero attached hydrogens (tertiary/aromatic N) is 1. The summed E-state index contributed by atoms with van der Waals surface area (Å²) < 4.78 is 0. The van der Waals surface area contributed by atoms with E-state index in [1.807, 2.05) is 12.1 Å². The molecule has 4 amide bonds. The lowest BCUT2D eigenvalue weighted by Crippen LogP contribution is -2.39. The molecule has 1 aromatic carbocycles. The van der Waals surface area contributed by atoms with Crippen molar-refractivity contribution in [2.24, 2.45) is 0 Å². The average Bonchev–Trinajstić information content (AvgIpc) is 3.43. The van der Waals surface area contributed by atoms with Crippen molar-refractivity contribution in [1.29, 1.82) is 0 Å². The summed E-state index contributed by atoms with van der Waals surface area (Å²) >= 11 is 0.